The normalized spacial score (nSPS) is 10.6. The van der Waals surface area contributed by atoms with Gasteiger partial charge in [0.1, 0.15) is 0 Å². The highest BCUT2D eigenvalue weighted by Gasteiger charge is 2.20. The molecule has 0 aliphatic carbocycles. The Morgan fingerprint density at radius 3 is 2.71 bits per heavy atom. The van der Waals surface area contributed by atoms with Crippen LogP contribution in [0.5, 0.6) is 0 Å². The fraction of sp³-hybridized carbons (Fsp3) is 0.375. The summed E-state index contributed by atoms with van der Waals surface area (Å²) in [4.78, 5) is 12.1. The fourth-order valence-electron chi connectivity index (χ4n) is 2.19. The summed E-state index contributed by atoms with van der Waals surface area (Å²) >= 11 is 0. The van der Waals surface area contributed by atoms with Gasteiger partial charge >= 0.3 is 5.97 Å². The molecule has 0 saturated carbocycles. The van der Waals surface area contributed by atoms with Gasteiger partial charge in [-0.3, -0.25) is 4.68 Å². The number of rotatable bonds is 6. The zero-order chi connectivity index (χ0) is 15.2. The van der Waals surface area contributed by atoms with Crippen LogP contribution in [-0.4, -0.2) is 22.4 Å². The Bertz CT molecular complexity index is 605. The predicted octanol–water partition coefficient (Wildman–Crippen LogP) is 2.58. The summed E-state index contributed by atoms with van der Waals surface area (Å²) in [5.74, 6) is -0.400. The van der Waals surface area contributed by atoms with Crippen molar-refractivity contribution >= 4 is 11.7 Å². The van der Waals surface area contributed by atoms with Gasteiger partial charge in [-0.15, -0.1) is 0 Å². The van der Waals surface area contributed by atoms with Gasteiger partial charge in [0.25, 0.3) is 0 Å². The molecule has 0 radical (unpaired) electrons. The Labute approximate surface area is 124 Å². The molecule has 0 saturated heterocycles. The summed E-state index contributed by atoms with van der Waals surface area (Å²) < 4.78 is 6.89. The number of nitrogen functional groups attached to an aromatic ring is 1. The monoisotopic (exact) mass is 287 g/mol. The third-order valence-corrected chi connectivity index (χ3v) is 3.35. The molecule has 2 aromatic rings. The fourth-order valence-corrected chi connectivity index (χ4v) is 2.19. The van der Waals surface area contributed by atoms with E-state index in [4.69, 9.17) is 10.5 Å². The van der Waals surface area contributed by atoms with Crippen molar-refractivity contribution in [2.24, 2.45) is 0 Å². The van der Waals surface area contributed by atoms with Gasteiger partial charge < -0.3 is 10.5 Å². The van der Waals surface area contributed by atoms with Crippen molar-refractivity contribution < 1.29 is 9.53 Å². The molecule has 21 heavy (non-hydrogen) atoms. The first-order chi connectivity index (χ1) is 10.1. The number of anilines is 1. The lowest BCUT2D eigenvalue weighted by Crippen LogP contribution is -2.15. The number of hydrogen-bond donors (Lipinski definition) is 1. The van der Waals surface area contributed by atoms with Gasteiger partial charge in [-0.1, -0.05) is 30.3 Å². The second kappa shape index (κ2) is 6.92. The van der Waals surface area contributed by atoms with Crippen LogP contribution in [0.3, 0.4) is 0 Å². The molecule has 0 atom stereocenters. The molecule has 0 bridgehead atoms. The molecule has 1 heterocycles. The lowest BCUT2D eigenvalue weighted by molar-refractivity contribution is 0.0487. The van der Waals surface area contributed by atoms with Gasteiger partial charge in [0, 0.05) is 6.54 Å². The van der Waals surface area contributed by atoms with Crippen LogP contribution in [-0.2, 0) is 17.7 Å². The first kappa shape index (κ1) is 15.1. The first-order valence-corrected chi connectivity index (χ1v) is 7.17. The summed E-state index contributed by atoms with van der Waals surface area (Å²) in [5, 5.41) is 4.22. The van der Waals surface area contributed by atoms with E-state index in [2.05, 4.69) is 17.2 Å². The number of aryl methyl sites for hydroxylation is 3. The van der Waals surface area contributed by atoms with E-state index >= 15 is 0 Å². The van der Waals surface area contributed by atoms with Crippen molar-refractivity contribution in [1.82, 2.24) is 9.78 Å². The maximum absolute atomic E-state index is 12.1. The van der Waals surface area contributed by atoms with Crippen LogP contribution >= 0.6 is 0 Å². The number of nitrogens with zero attached hydrogens (tertiary/aromatic N) is 2. The van der Waals surface area contributed by atoms with E-state index in [1.54, 1.807) is 11.6 Å². The van der Waals surface area contributed by atoms with Gasteiger partial charge in [0.2, 0.25) is 0 Å². The number of nitrogens with two attached hydrogens (primary N) is 1. The SMILES string of the molecule is CCn1nc(C)c(N)c1C(=O)OCCCc1ccccc1. The van der Waals surface area contributed by atoms with E-state index in [0.717, 1.165) is 12.8 Å². The second-order valence-electron chi connectivity index (χ2n) is 4.89. The van der Waals surface area contributed by atoms with Crippen LogP contribution in [0.2, 0.25) is 0 Å². The number of ether oxygens (including phenoxy) is 1. The Morgan fingerprint density at radius 1 is 1.33 bits per heavy atom. The summed E-state index contributed by atoms with van der Waals surface area (Å²) in [6.45, 7) is 4.67. The molecule has 0 fully saturated rings. The first-order valence-electron chi connectivity index (χ1n) is 7.17. The largest absolute Gasteiger partial charge is 0.461 e. The molecular weight excluding hydrogens is 266 g/mol. The molecule has 0 aliphatic heterocycles. The van der Waals surface area contributed by atoms with Crippen LogP contribution in [0, 0.1) is 6.92 Å². The average Bonchev–Trinajstić information content (AvgIpc) is 2.79. The summed E-state index contributed by atoms with van der Waals surface area (Å²) in [5.41, 5.74) is 8.55. The Hall–Kier alpha value is -2.30. The van der Waals surface area contributed by atoms with Crippen molar-refractivity contribution in [1.29, 1.82) is 0 Å². The highest BCUT2D eigenvalue weighted by Crippen LogP contribution is 2.17. The standard InChI is InChI=1S/C16H21N3O2/c1-3-19-15(14(17)12(2)18-19)16(20)21-11-7-10-13-8-5-4-6-9-13/h4-6,8-9H,3,7,10-11,17H2,1-2H3. The smallest absolute Gasteiger partial charge is 0.358 e. The average molecular weight is 287 g/mol. The number of carbonyl (C=O) groups excluding carboxylic acids is 1. The maximum atomic E-state index is 12.1. The number of benzene rings is 1. The number of hydrogen-bond acceptors (Lipinski definition) is 4. The van der Waals surface area contributed by atoms with E-state index in [9.17, 15) is 4.79 Å². The van der Waals surface area contributed by atoms with Gasteiger partial charge in [0.15, 0.2) is 5.69 Å². The number of esters is 1. The van der Waals surface area contributed by atoms with E-state index in [1.165, 1.54) is 5.56 Å². The van der Waals surface area contributed by atoms with Crippen LogP contribution in [0.25, 0.3) is 0 Å². The van der Waals surface area contributed by atoms with Crippen molar-refractivity contribution in [2.75, 3.05) is 12.3 Å². The molecule has 1 aromatic carbocycles. The molecule has 1 aromatic heterocycles. The Kier molecular flexibility index (Phi) is 4.98. The molecular formula is C16H21N3O2. The van der Waals surface area contributed by atoms with Crippen LogP contribution in [0.15, 0.2) is 30.3 Å². The van der Waals surface area contributed by atoms with E-state index in [1.807, 2.05) is 25.1 Å². The molecule has 0 amide bonds. The van der Waals surface area contributed by atoms with Crippen molar-refractivity contribution in [3.63, 3.8) is 0 Å². The summed E-state index contributed by atoms with van der Waals surface area (Å²) in [6.07, 6.45) is 1.67. The van der Waals surface area contributed by atoms with E-state index < -0.39 is 5.97 Å². The zero-order valence-corrected chi connectivity index (χ0v) is 12.5. The minimum atomic E-state index is -0.400. The van der Waals surface area contributed by atoms with Crippen molar-refractivity contribution in [3.8, 4) is 0 Å². The highest BCUT2D eigenvalue weighted by atomic mass is 16.5. The maximum Gasteiger partial charge on any atom is 0.358 e. The van der Waals surface area contributed by atoms with Crippen molar-refractivity contribution in [3.05, 3.63) is 47.3 Å². The molecule has 5 heteroatoms. The van der Waals surface area contributed by atoms with Crippen LogP contribution in [0.4, 0.5) is 5.69 Å². The Balaban J connectivity index is 1.88. The number of carbonyl (C=O) groups is 1. The lowest BCUT2D eigenvalue weighted by atomic mass is 10.1. The van der Waals surface area contributed by atoms with Crippen LogP contribution < -0.4 is 5.73 Å². The minimum Gasteiger partial charge on any atom is -0.461 e. The molecule has 112 valence electrons. The molecule has 2 rings (SSSR count). The topological polar surface area (TPSA) is 70.1 Å². The molecule has 0 unspecified atom stereocenters. The summed E-state index contributed by atoms with van der Waals surface area (Å²) in [6, 6.07) is 10.1. The van der Waals surface area contributed by atoms with E-state index in [-0.39, 0.29) is 0 Å². The number of aromatic nitrogens is 2. The molecule has 5 nitrogen and oxygen atoms in total. The van der Waals surface area contributed by atoms with Gasteiger partial charge in [-0.05, 0) is 32.3 Å². The third kappa shape index (κ3) is 3.62. The molecule has 0 aliphatic rings. The lowest BCUT2D eigenvalue weighted by Gasteiger charge is -2.07. The van der Waals surface area contributed by atoms with Gasteiger partial charge in [0.05, 0.1) is 18.0 Å². The van der Waals surface area contributed by atoms with E-state index in [0.29, 0.717) is 30.2 Å². The summed E-state index contributed by atoms with van der Waals surface area (Å²) in [7, 11) is 0. The van der Waals surface area contributed by atoms with Crippen LogP contribution in [0.1, 0.15) is 35.1 Å². The van der Waals surface area contributed by atoms with Gasteiger partial charge in [-0.25, -0.2) is 4.79 Å². The third-order valence-electron chi connectivity index (χ3n) is 3.35. The molecule has 0 spiro atoms. The zero-order valence-electron chi connectivity index (χ0n) is 12.5. The Morgan fingerprint density at radius 2 is 2.05 bits per heavy atom. The highest BCUT2D eigenvalue weighted by molar-refractivity contribution is 5.93. The minimum absolute atomic E-state index is 0.356. The van der Waals surface area contributed by atoms with Gasteiger partial charge in [-0.2, -0.15) is 5.10 Å². The quantitative estimate of drug-likeness (QED) is 0.655. The van der Waals surface area contributed by atoms with Crippen molar-refractivity contribution in [2.45, 2.75) is 33.2 Å². The molecule has 2 N–H and O–H groups in total. The second-order valence-corrected chi connectivity index (χ2v) is 4.89. The predicted molar refractivity (Wildman–Crippen MR) is 82.1 cm³/mol.